The lowest BCUT2D eigenvalue weighted by Crippen LogP contribution is -2.23. The Bertz CT molecular complexity index is 571. The van der Waals surface area contributed by atoms with E-state index in [0.29, 0.717) is 5.75 Å². The van der Waals surface area contributed by atoms with Crippen molar-refractivity contribution in [2.75, 3.05) is 25.6 Å². The second-order valence-corrected chi connectivity index (χ2v) is 5.48. The van der Waals surface area contributed by atoms with Gasteiger partial charge in [0.05, 0.1) is 24.3 Å². The summed E-state index contributed by atoms with van der Waals surface area (Å²) in [4.78, 5) is 11.4. The molecule has 0 radical (unpaired) electrons. The van der Waals surface area contributed by atoms with Gasteiger partial charge in [0.2, 0.25) is 10.0 Å². The number of carbonyl (C=O) groups is 1. The molecule has 1 aromatic carbocycles. The molecule has 0 bridgehead atoms. The number of anilines is 1. The normalized spacial score (nSPS) is 10.9. The average Bonchev–Trinajstić information content (AvgIpc) is 2.38. The highest BCUT2D eigenvalue weighted by Gasteiger charge is 2.16. The Balaban J connectivity index is 3.12. The van der Waals surface area contributed by atoms with Gasteiger partial charge >= 0.3 is 6.09 Å². The lowest BCUT2D eigenvalue weighted by Gasteiger charge is -2.12. The SMILES string of the molecule is CCNS(=O)(=O)c1ccc(OC)c(NC(=O)OCC)c1. The van der Waals surface area contributed by atoms with Gasteiger partial charge in [-0.25, -0.2) is 17.9 Å². The summed E-state index contributed by atoms with van der Waals surface area (Å²) in [5.74, 6) is 0.341. The van der Waals surface area contributed by atoms with Gasteiger partial charge in [0.1, 0.15) is 5.75 Å². The molecule has 2 N–H and O–H groups in total. The third kappa shape index (κ3) is 4.10. The fourth-order valence-corrected chi connectivity index (χ4v) is 2.57. The highest BCUT2D eigenvalue weighted by molar-refractivity contribution is 7.89. The Labute approximate surface area is 118 Å². The van der Waals surface area contributed by atoms with Crippen molar-refractivity contribution in [3.8, 4) is 5.75 Å². The largest absolute Gasteiger partial charge is 0.495 e. The first-order valence-corrected chi connectivity index (χ1v) is 7.54. The lowest BCUT2D eigenvalue weighted by atomic mass is 10.3. The predicted molar refractivity (Wildman–Crippen MR) is 74.5 cm³/mol. The van der Waals surface area contributed by atoms with Crippen LogP contribution in [0.4, 0.5) is 10.5 Å². The van der Waals surface area contributed by atoms with Gasteiger partial charge in [-0.1, -0.05) is 6.92 Å². The van der Waals surface area contributed by atoms with Gasteiger partial charge in [0.15, 0.2) is 0 Å². The van der Waals surface area contributed by atoms with Crippen LogP contribution in [0.25, 0.3) is 0 Å². The molecule has 0 heterocycles. The fraction of sp³-hybridized carbons (Fsp3) is 0.417. The van der Waals surface area contributed by atoms with Gasteiger partial charge < -0.3 is 9.47 Å². The summed E-state index contributed by atoms with van der Waals surface area (Å²) >= 11 is 0. The van der Waals surface area contributed by atoms with Gasteiger partial charge in [-0.15, -0.1) is 0 Å². The minimum atomic E-state index is -3.60. The van der Waals surface area contributed by atoms with Gasteiger partial charge in [0.25, 0.3) is 0 Å². The average molecular weight is 302 g/mol. The maximum Gasteiger partial charge on any atom is 0.411 e. The number of hydrogen-bond acceptors (Lipinski definition) is 5. The van der Waals surface area contributed by atoms with Crippen molar-refractivity contribution in [1.29, 1.82) is 0 Å². The van der Waals surface area contributed by atoms with E-state index in [1.165, 1.54) is 25.3 Å². The Morgan fingerprint density at radius 3 is 2.55 bits per heavy atom. The molecule has 1 rings (SSSR count). The second kappa shape index (κ2) is 7.11. The van der Waals surface area contributed by atoms with E-state index in [2.05, 4.69) is 10.0 Å². The van der Waals surface area contributed by atoms with Crippen molar-refractivity contribution < 1.29 is 22.7 Å². The van der Waals surface area contributed by atoms with Crippen LogP contribution in [0.5, 0.6) is 5.75 Å². The molecule has 1 aromatic rings. The van der Waals surface area contributed by atoms with Crippen molar-refractivity contribution in [1.82, 2.24) is 4.72 Å². The van der Waals surface area contributed by atoms with E-state index in [1.807, 2.05) is 0 Å². The molecule has 0 aliphatic heterocycles. The summed E-state index contributed by atoms with van der Waals surface area (Å²) in [5.41, 5.74) is 0.227. The van der Waals surface area contributed by atoms with Crippen LogP contribution in [0, 0.1) is 0 Å². The van der Waals surface area contributed by atoms with Crippen molar-refractivity contribution in [2.45, 2.75) is 18.7 Å². The van der Waals surface area contributed by atoms with Gasteiger partial charge in [-0.05, 0) is 25.1 Å². The monoisotopic (exact) mass is 302 g/mol. The number of sulfonamides is 1. The van der Waals surface area contributed by atoms with Crippen LogP contribution in [0.2, 0.25) is 0 Å². The molecule has 0 aliphatic rings. The van der Waals surface area contributed by atoms with Crippen LogP contribution in [0.1, 0.15) is 13.8 Å². The third-order valence-electron chi connectivity index (χ3n) is 2.33. The second-order valence-electron chi connectivity index (χ2n) is 3.71. The molecule has 7 nitrogen and oxygen atoms in total. The smallest absolute Gasteiger partial charge is 0.411 e. The van der Waals surface area contributed by atoms with Crippen molar-refractivity contribution in [3.05, 3.63) is 18.2 Å². The number of amides is 1. The minimum absolute atomic E-state index is 0.0342. The van der Waals surface area contributed by atoms with E-state index in [9.17, 15) is 13.2 Å². The number of nitrogens with one attached hydrogen (secondary N) is 2. The summed E-state index contributed by atoms with van der Waals surface area (Å²) in [7, 11) is -2.18. The summed E-state index contributed by atoms with van der Waals surface area (Å²) < 4.78 is 36.0. The van der Waals surface area contributed by atoms with Crippen LogP contribution in [0.15, 0.2) is 23.1 Å². The predicted octanol–water partition coefficient (Wildman–Crippen LogP) is 1.56. The van der Waals surface area contributed by atoms with E-state index in [-0.39, 0.29) is 23.7 Å². The first kappa shape index (κ1) is 16.3. The van der Waals surface area contributed by atoms with Crippen molar-refractivity contribution >= 4 is 21.8 Å². The Morgan fingerprint density at radius 1 is 1.30 bits per heavy atom. The summed E-state index contributed by atoms with van der Waals surface area (Å²) in [6, 6.07) is 4.17. The highest BCUT2D eigenvalue weighted by Crippen LogP contribution is 2.27. The summed E-state index contributed by atoms with van der Waals surface area (Å²) in [6.45, 7) is 3.83. The topological polar surface area (TPSA) is 93.7 Å². The quantitative estimate of drug-likeness (QED) is 0.831. The van der Waals surface area contributed by atoms with Gasteiger partial charge in [0, 0.05) is 6.54 Å². The Kier molecular flexibility index (Phi) is 5.78. The maximum atomic E-state index is 11.9. The highest BCUT2D eigenvalue weighted by atomic mass is 32.2. The Morgan fingerprint density at radius 2 is 2.00 bits per heavy atom. The standard InChI is InChI=1S/C12H18N2O5S/c1-4-13-20(16,17)9-6-7-11(18-3)10(8-9)14-12(15)19-5-2/h6-8,13H,4-5H2,1-3H3,(H,14,15). The number of carbonyl (C=O) groups excluding carboxylic acids is 1. The molecule has 0 atom stereocenters. The van der Waals surface area contributed by atoms with Crippen LogP contribution >= 0.6 is 0 Å². The molecule has 8 heteroatoms. The molecule has 0 saturated heterocycles. The third-order valence-corrected chi connectivity index (χ3v) is 3.87. The zero-order chi connectivity index (χ0) is 15.2. The van der Waals surface area contributed by atoms with E-state index in [0.717, 1.165) is 0 Å². The molecule has 1 amide bonds. The summed E-state index contributed by atoms with van der Waals surface area (Å²) in [6.07, 6.45) is -0.677. The van der Waals surface area contributed by atoms with Crippen LogP contribution in [-0.4, -0.2) is 34.8 Å². The maximum absolute atomic E-state index is 11.9. The number of benzene rings is 1. The minimum Gasteiger partial charge on any atom is -0.495 e. The first-order chi connectivity index (χ1) is 9.44. The van der Waals surface area contributed by atoms with Crippen LogP contribution < -0.4 is 14.8 Å². The summed E-state index contributed by atoms with van der Waals surface area (Å²) in [5, 5.41) is 2.44. The van der Waals surface area contributed by atoms with E-state index in [4.69, 9.17) is 9.47 Å². The first-order valence-electron chi connectivity index (χ1n) is 6.06. The number of methoxy groups -OCH3 is 1. The molecule has 20 heavy (non-hydrogen) atoms. The molecule has 0 spiro atoms. The van der Waals surface area contributed by atoms with E-state index < -0.39 is 16.1 Å². The molecule has 112 valence electrons. The molecule has 0 aliphatic carbocycles. The number of ether oxygens (including phenoxy) is 2. The zero-order valence-electron chi connectivity index (χ0n) is 11.6. The molecule has 0 unspecified atom stereocenters. The molecular formula is C12H18N2O5S. The van der Waals surface area contributed by atoms with E-state index in [1.54, 1.807) is 13.8 Å². The van der Waals surface area contributed by atoms with E-state index >= 15 is 0 Å². The molecule has 0 aromatic heterocycles. The van der Waals surface area contributed by atoms with Crippen molar-refractivity contribution in [2.24, 2.45) is 0 Å². The van der Waals surface area contributed by atoms with Crippen LogP contribution in [-0.2, 0) is 14.8 Å². The fourth-order valence-electron chi connectivity index (χ4n) is 1.50. The molecular weight excluding hydrogens is 284 g/mol. The molecule has 0 fully saturated rings. The van der Waals surface area contributed by atoms with Gasteiger partial charge in [-0.2, -0.15) is 0 Å². The van der Waals surface area contributed by atoms with Crippen LogP contribution in [0.3, 0.4) is 0 Å². The number of rotatable bonds is 6. The van der Waals surface area contributed by atoms with Gasteiger partial charge in [-0.3, -0.25) is 5.32 Å². The van der Waals surface area contributed by atoms with Crippen molar-refractivity contribution in [3.63, 3.8) is 0 Å². The Hall–Kier alpha value is -1.80. The lowest BCUT2D eigenvalue weighted by molar-refractivity contribution is 0.168. The molecule has 0 saturated carbocycles. The number of hydrogen-bond donors (Lipinski definition) is 2. The zero-order valence-corrected chi connectivity index (χ0v) is 12.4.